The number of rotatable bonds is 4. The Morgan fingerprint density at radius 2 is 1.47 bits per heavy atom. The van der Waals surface area contributed by atoms with Crippen molar-refractivity contribution < 1.29 is 26.4 Å². The van der Waals surface area contributed by atoms with Gasteiger partial charge < -0.3 is 4.90 Å². The SMILES string of the molecule is O=C(c1ccc(-n2cnc3ccccc32)cc1)N1CCN(S(=O)(=O)c2ccc(C(F)(F)F)cc2)CC1. The van der Waals surface area contributed by atoms with Gasteiger partial charge in [0.1, 0.15) is 6.33 Å². The highest BCUT2D eigenvalue weighted by Gasteiger charge is 2.33. The Bertz CT molecular complexity index is 1510. The Morgan fingerprint density at radius 3 is 2.11 bits per heavy atom. The Labute approximate surface area is 205 Å². The molecule has 11 heteroatoms. The zero-order valence-electron chi connectivity index (χ0n) is 18.9. The number of carbonyl (C=O) groups is 1. The molecular formula is C25H21F3N4O3S. The van der Waals surface area contributed by atoms with Crippen molar-refractivity contribution in [3.8, 4) is 5.69 Å². The van der Waals surface area contributed by atoms with Crippen LogP contribution in [0.3, 0.4) is 0 Å². The van der Waals surface area contributed by atoms with Crippen LogP contribution in [-0.4, -0.2) is 59.3 Å². The molecule has 7 nitrogen and oxygen atoms in total. The predicted molar refractivity (Wildman–Crippen MR) is 127 cm³/mol. The minimum absolute atomic E-state index is 0.0498. The molecule has 4 aromatic rings. The maximum atomic E-state index is 13.0. The number of hydrogen-bond acceptors (Lipinski definition) is 4. The molecule has 2 heterocycles. The van der Waals surface area contributed by atoms with Crippen LogP contribution in [0.5, 0.6) is 0 Å². The maximum absolute atomic E-state index is 13.0. The van der Waals surface area contributed by atoms with E-state index in [9.17, 15) is 26.4 Å². The molecule has 1 aliphatic rings. The van der Waals surface area contributed by atoms with Gasteiger partial charge in [-0.1, -0.05) is 12.1 Å². The molecule has 0 aliphatic carbocycles. The van der Waals surface area contributed by atoms with E-state index in [0.717, 1.165) is 41.0 Å². The van der Waals surface area contributed by atoms with Crippen LogP contribution < -0.4 is 0 Å². The fraction of sp³-hybridized carbons (Fsp3) is 0.200. The summed E-state index contributed by atoms with van der Waals surface area (Å²) in [5.41, 5.74) is 2.22. The summed E-state index contributed by atoms with van der Waals surface area (Å²) in [6.07, 6.45) is -2.82. The zero-order chi connectivity index (χ0) is 25.5. The average Bonchev–Trinajstić information content (AvgIpc) is 3.32. The number of nitrogens with zero attached hydrogens (tertiary/aromatic N) is 4. The first kappa shape index (κ1) is 24.0. The van der Waals surface area contributed by atoms with E-state index in [0.29, 0.717) is 5.56 Å². The normalized spacial score (nSPS) is 15.4. The van der Waals surface area contributed by atoms with E-state index < -0.39 is 21.8 Å². The number of carbonyl (C=O) groups excluding carboxylic acids is 1. The van der Waals surface area contributed by atoms with Gasteiger partial charge in [-0.15, -0.1) is 0 Å². The molecule has 1 saturated heterocycles. The third-order valence-corrected chi connectivity index (χ3v) is 8.10. The third kappa shape index (κ3) is 4.47. The van der Waals surface area contributed by atoms with E-state index in [4.69, 9.17) is 0 Å². The highest BCUT2D eigenvalue weighted by Crippen LogP contribution is 2.30. The number of sulfonamides is 1. The minimum Gasteiger partial charge on any atom is -0.336 e. The number of piperazine rings is 1. The summed E-state index contributed by atoms with van der Waals surface area (Å²) >= 11 is 0. The molecule has 0 atom stereocenters. The Hall–Kier alpha value is -3.70. The topological polar surface area (TPSA) is 75.5 Å². The minimum atomic E-state index is -4.54. The summed E-state index contributed by atoms with van der Waals surface area (Å²) in [6, 6.07) is 18.2. The van der Waals surface area contributed by atoms with Gasteiger partial charge in [0, 0.05) is 37.4 Å². The van der Waals surface area contributed by atoms with Crippen LogP contribution in [0, 0.1) is 0 Å². The summed E-state index contributed by atoms with van der Waals surface area (Å²) < 4.78 is 67.2. The number of amides is 1. The average molecular weight is 515 g/mol. The Morgan fingerprint density at radius 1 is 0.833 bits per heavy atom. The number of aromatic nitrogens is 2. The molecule has 1 fully saturated rings. The fourth-order valence-corrected chi connectivity index (χ4v) is 5.63. The standard InChI is InChI=1S/C25H21F3N4O3S/c26-25(27,28)19-7-11-21(12-8-19)36(34,35)31-15-13-30(14-16-31)24(33)18-5-9-20(10-6-18)32-17-29-22-3-1-2-4-23(22)32/h1-12,17H,13-16H2. The Balaban J connectivity index is 1.25. The number of fused-ring (bicyclic) bond motifs is 1. The van der Waals surface area contributed by atoms with Crippen LogP contribution in [0.15, 0.2) is 84.0 Å². The summed E-state index contributed by atoms with van der Waals surface area (Å²) in [7, 11) is -3.97. The fourth-order valence-electron chi connectivity index (χ4n) is 4.21. The van der Waals surface area contributed by atoms with Crippen LogP contribution in [0.2, 0.25) is 0 Å². The van der Waals surface area contributed by atoms with Gasteiger partial charge in [-0.2, -0.15) is 17.5 Å². The molecular weight excluding hydrogens is 493 g/mol. The summed E-state index contributed by atoms with van der Waals surface area (Å²) in [5, 5.41) is 0. The van der Waals surface area contributed by atoms with Gasteiger partial charge in [0.05, 0.1) is 21.5 Å². The van der Waals surface area contributed by atoms with Crippen molar-refractivity contribution in [1.29, 1.82) is 0 Å². The lowest BCUT2D eigenvalue weighted by Crippen LogP contribution is -2.50. The van der Waals surface area contributed by atoms with Crippen LogP contribution in [0.4, 0.5) is 13.2 Å². The highest BCUT2D eigenvalue weighted by molar-refractivity contribution is 7.89. The van der Waals surface area contributed by atoms with Crippen LogP contribution in [0.1, 0.15) is 15.9 Å². The van der Waals surface area contributed by atoms with Crippen molar-refractivity contribution in [2.24, 2.45) is 0 Å². The van der Waals surface area contributed by atoms with Crippen molar-refractivity contribution in [2.75, 3.05) is 26.2 Å². The molecule has 1 amide bonds. The first-order chi connectivity index (χ1) is 17.1. The molecule has 0 spiro atoms. The van der Waals surface area contributed by atoms with Gasteiger partial charge in [-0.3, -0.25) is 9.36 Å². The number of benzene rings is 3. The first-order valence-electron chi connectivity index (χ1n) is 11.1. The highest BCUT2D eigenvalue weighted by atomic mass is 32.2. The van der Waals surface area contributed by atoms with Crippen molar-refractivity contribution >= 4 is 27.0 Å². The van der Waals surface area contributed by atoms with E-state index in [-0.39, 0.29) is 37.0 Å². The first-order valence-corrected chi connectivity index (χ1v) is 12.6. The molecule has 0 unspecified atom stereocenters. The van der Waals surface area contributed by atoms with Crippen molar-refractivity contribution in [3.63, 3.8) is 0 Å². The number of imidazole rings is 1. The van der Waals surface area contributed by atoms with Gasteiger partial charge in [0.15, 0.2) is 0 Å². The quantitative estimate of drug-likeness (QED) is 0.409. The zero-order valence-corrected chi connectivity index (χ0v) is 19.7. The Kier molecular flexibility index (Phi) is 6.05. The van der Waals surface area contributed by atoms with E-state index >= 15 is 0 Å². The van der Waals surface area contributed by atoms with Crippen molar-refractivity contribution in [1.82, 2.24) is 18.8 Å². The smallest absolute Gasteiger partial charge is 0.336 e. The molecule has 0 radical (unpaired) electrons. The van der Waals surface area contributed by atoms with Gasteiger partial charge in [-0.05, 0) is 60.7 Å². The molecule has 5 rings (SSSR count). The lowest BCUT2D eigenvalue weighted by atomic mass is 10.1. The summed E-state index contributed by atoms with van der Waals surface area (Å²) in [5.74, 6) is -0.219. The summed E-state index contributed by atoms with van der Waals surface area (Å²) in [6.45, 7) is 0.446. The number of halogens is 3. The molecule has 3 aromatic carbocycles. The van der Waals surface area contributed by atoms with Crippen LogP contribution in [0.25, 0.3) is 16.7 Å². The second-order valence-electron chi connectivity index (χ2n) is 8.37. The molecule has 1 aromatic heterocycles. The second kappa shape index (κ2) is 9.07. The number of alkyl halides is 3. The molecule has 1 aliphatic heterocycles. The second-order valence-corrected chi connectivity index (χ2v) is 10.3. The monoisotopic (exact) mass is 514 g/mol. The van der Waals surface area contributed by atoms with Crippen molar-refractivity contribution in [2.45, 2.75) is 11.1 Å². The lowest BCUT2D eigenvalue weighted by molar-refractivity contribution is -0.137. The molecule has 186 valence electrons. The molecule has 36 heavy (non-hydrogen) atoms. The van der Waals surface area contributed by atoms with E-state index in [1.807, 2.05) is 41.0 Å². The predicted octanol–water partition coefficient (Wildman–Crippen LogP) is 4.19. The number of para-hydroxylation sites is 2. The van der Waals surface area contributed by atoms with Crippen LogP contribution in [-0.2, 0) is 16.2 Å². The van der Waals surface area contributed by atoms with E-state index in [1.165, 1.54) is 4.31 Å². The third-order valence-electron chi connectivity index (χ3n) is 6.19. The van der Waals surface area contributed by atoms with E-state index in [2.05, 4.69) is 4.98 Å². The largest absolute Gasteiger partial charge is 0.416 e. The number of hydrogen-bond donors (Lipinski definition) is 0. The maximum Gasteiger partial charge on any atom is 0.416 e. The molecule has 0 saturated carbocycles. The van der Waals surface area contributed by atoms with Gasteiger partial charge in [0.2, 0.25) is 10.0 Å². The van der Waals surface area contributed by atoms with Crippen molar-refractivity contribution in [3.05, 3.63) is 90.3 Å². The van der Waals surface area contributed by atoms with Gasteiger partial charge in [-0.25, -0.2) is 13.4 Å². The molecule has 0 N–H and O–H groups in total. The van der Waals surface area contributed by atoms with E-state index in [1.54, 1.807) is 23.4 Å². The van der Waals surface area contributed by atoms with Crippen LogP contribution >= 0.6 is 0 Å². The van der Waals surface area contributed by atoms with Gasteiger partial charge >= 0.3 is 6.18 Å². The summed E-state index contributed by atoms with van der Waals surface area (Å²) in [4.78, 5) is 18.7. The lowest BCUT2D eigenvalue weighted by Gasteiger charge is -2.34. The molecule has 0 bridgehead atoms. The van der Waals surface area contributed by atoms with Gasteiger partial charge in [0.25, 0.3) is 5.91 Å².